The van der Waals surface area contributed by atoms with Gasteiger partial charge in [-0.3, -0.25) is 4.68 Å². The summed E-state index contributed by atoms with van der Waals surface area (Å²) in [5.74, 6) is 0.649. The average Bonchev–Trinajstić information content (AvgIpc) is 2.68. The lowest BCUT2D eigenvalue weighted by Gasteiger charge is -2.00. The van der Waals surface area contributed by atoms with Crippen LogP contribution in [0.15, 0.2) is 16.9 Å². The Morgan fingerprint density at radius 1 is 1.53 bits per heavy atom. The molecule has 0 fully saturated rings. The predicted octanol–water partition coefficient (Wildman–Crippen LogP) is 1.32. The van der Waals surface area contributed by atoms with E-state index in [1.165, 1.54) is 0 Å². The van der Waals surface area contributed by atoms with Crippen LogP contribution in [0.3, 0.4) is 0 Å². The number of halogens is 1. The van der Waals surface area contributed by atoms with Gasteiger partial charge in [0.05, 0.1) is 22.9 Å². The van der Waals surface area contributed by atoms with Gasteiger partial charge in [-0.25, -0.2) is 4.68 Å². The van der Waals surface area contributed by atoms with Gasteiger partial charge in [-0.1, -0.05) is 0 Å². The molecular weight excluding hydrogens is 258 g/mol. The highest BCUT2D eigenvalue weighted by Crippen LogP contribution is 2.23. The normalized spacial score (nSPS) is 10.9. The van der Waals surface area contributed by atoms with Crippen LogP contribution in [-0.2, 0) is 13.6 Å². The van der Waals surface area contributed by atoms with Crippen molar-refractivity contribution in [2.45, 2.75) is 13.5 Å². The molecule has 0 radical (unpaired) electrons. The first-order valence-corrected chi connectivity index (χ1v) is 5.33. The Morgan fingerprint density at radius 2 is 2.27 bits per heavy atom. The Balaban J connectivity index is 2.28. The molecule has 0 aliphatic rings. The van der Waals surface area contributed by atoms with E-state index in [4.69, 9.17) is 5.73 Å². The summed E-state index contributed by atoms with van der Waals surface area (Å²) in [6.45, 7) is 2.56. The molecule has 2 rings (SSSR count). The molecule has 0 aliphatic carbocycles. The summed E-state index contributed by atoms with van der Waals surface area (Å²) in [7, 11) is 1.89. The zero-order valence-corrected chi connectivity index (χ0v) is 10.2. The number of nitrogen functional groups attached to an aromatic ring is 1. The molecule has 6 heteroatoms. The van der Waals surface area contributed by atoms with Crippen LogP contribution in [0.5, 0.6) is 0 Å². The second-order valence-corrected chi connectivity index (χ2v) is 4.26. The number of nitrogens with zero attached hydrogens (tertiary/aromatic N) is 4. The molecule has 0 saturated heterocycles. The lowest BCUT2D eigenvalue weighted by molar-refractivity contribution is 0.688. The zero-order valence-electron chi connectivity index (χ0n) is 8.61. The van der Waals surface area contributed by atoms with E-state index in [9.17, 15) is 0 Å². The number of aromatic nitrogens is 4. The van der Waals surface area contributed by atoms with Crippen molar-refractivity contribution in [3.63, 3.8) is 0 Å². The molecule has 15 heavy (non-hydrogen) atoms. The van der Waals surface area contributed by atoms with Gasteiger partial charge in [-0.15, -0.1) is 0 Å². The van der Waals surface area contributed by atoms with Crippen molar-refractivity contribution in [2.24, 2.45) is 7.05 Å². The number of rotatable bonds is 2. The van der Waals surface area contributed by atoms with Gasteiger partial charge in [0.1, 0.15) is 5.82 Å². The van der Waals surface area contributed by atoms with Gasteiger partial charge in [-0.05, 0) is 22.9 Å². The first-order valence-electron chi connectivity index (χ1n) is 4.54. The number of anilines is 1. The van der Waals surface area contributed by atoms with E-state index in [-0.39, 0.29) is 0 Å². The standard InChI is InChI=1S/C9H12BrN5/c1-6-8(10)9(11)15(13-6)5-7-3-12-14(2)4-7/h3-4H,5,11H2,1-2H3. The molecule has 0 amide bonds. The van der Waals surface area contributed by atoms with Gasteiger partial charge in [0.15, 0.2) is 0 Å². The average molecular weight is 270 g/mol. The summed E-state index contributed by atoms with van der Waals surface area (Å²) in [6.07, 6.45) is 3.76. The second-order valence-electron chi connectivity index (χ2n) is 3.46. The molecule has 0 spiro atoms. The van der Waals surface area contributed by atoms with Gasteiger partial charge >= 0.3 is 0 Å². The summed E-state index contributed by atoms with van der Waals surface area (Å²) in [5.41, 5.74) is 7.87. The monoisotopic (exact) mass is 269 g/mol. The number of hydrogen-bond acceptors (Lipinski definition) is 3. The third kappa shape index (κ3) is 1.90. The molecule has 0 saturated carbocycles. The molecule has 2 aromatic heterocycles. The smallest absolute Gasteiger partial charge is 0.136 e. The fraction of sp³-hybridized carbons (Fsp3) is 0.333. The van der Waals surface area contributed by atoms with Crippen LogP contribution < -0.4 is 5.73 Å². The zero-order chi connectivity index (χ0) is 11.0. The van der Waals surface area contributed by atoms with Crippen molar-refractivity contribution in [2.75, 3.05) is 5.73 Å². The summed E-state index contributed by atoms with van der Waals surface area (Å²) in [5, 5.41) is 8.42. The molecular formula is C9H12BrN5. The summed E-state index contributed by atoms with van der Waals surface area (Å²) in [6, 6.07) is 0. The Hall–Kier alpha value is -1.30. The molecule has 0 bridgehead atoms. The Bertz CT molecular complexity index is 485. The fourth-order valence-electron chi connectivity index (χ4n) is 1.42. The van der Waals surface area contributed by atoms with Crippen molar-refractivity contribution in [1.82, 2.24) is 19.6 Å². The highest BCUT2D eigenvalue weighted by atomic mass is 79.9. The SMILES string of the molecule is Cc1nn(Cc2cnn(C)c2)c(N)c1Br. The fourth-order valence-corrected chi connectivity index (χ4v) is 1.71. The van der Waals surface area contributed by atoms with Crippen molar-refractivity contribution in [3.05, 3.63) is 28.1 Å². The van der Waals surface area contributed by atoms with E-state index < -0.39 is 0 Å². The third-order valence-corrected chi connectivity index (χ3v) is 3.16. The minimum Gasteiger partial charge on any atom is -0.383 e. The maximum atomic E-state index is 5.88. The minimum absolute atomic E-state index is 0.645. The Morgan fingerprint density at radius 3 is 2.73 bits per heavy atom. The van der Waals surface area contributed by atoms with Gasteiger partial charge < -0.3 is 5.73 Å². The number of nitrogens with two attached hydrogens (primary N) is 1. The first kappa shape index (κ1) is 10.2. The van der Waals surface area contributed by atoms with Crippen molar-refractivity contribution in [3.8, 4) is 0 Å². The molecule has 0 unspecified atom stereocenters. The van der Waals surface area contributed by atoms with Crippen molar-refractivity contribution < 1.29 is 0 Å². The van der Waals surface area contributed by atoms with Crippen LogP contribution in [0.1, 0.15) is 11.3 Å². The topological polar surface area (TPSA) is 61.7 Å². The van der Waals surface area contributed by atoms with E-state index in [2.05, 4.69) is 26.1 Å². The van der Waals surface area contributed by atoms with Gasteiger partial charge in [0, 0.05) is 18.8 Å². The number of hydrogen-bond donors (Lipinski definition) is 1. The molecule has 2 N–H and O–H groups in total. The molecule has 0 aromatic carbocycles. The van der Waals surface area contributed by atoms with Crippen LogP contribution in [0.25, 0.3) is 0 Å². The minimum atomic E-state index is 0.645. The summed E-state index contributed by atoms with van der Waals surface area (Å²) < 4.78 is 4.39. The van der Waals surface area contributed by atoms with Crippen LogP contribution >= 0.6 is 15.9 Å². The van der Waals surface area contributed by atoms with Gasteiger partial charge in [0.25, 0.3) is 0 Å². The second kappa shape index (κ2) is 3.69. The summed E-state index contributed by atoms with van der Waals surface area (Å²) >= 11 is 3.39. The highest BCUT2D eigenvalue weighted by Gasteiger charge is 2.10. The van der Waals surface area contributed by atoms with Gasteiger partial charge in [0.2, 0.25) is 0 Å². The predicted molar refractivity (Wildman–Crippen MR) is 61.4 cm³/mol. The third-order valence-electron chi connectivity index (χ3n) is 2.18. The van der Waals surface area contributed by atoms with E-state index in [1.54, 1.807) is 9.36 Å². The van der Waals surface area contributed by atoms with E-state index in [0.717, 1.165) is 15.7 Å². The van der Waals surface area contributed by atoms with Crippen LogP contribution in [0.4, 0.5) is 5.82 Å². The van der Waals surface area contributed by atoms with Crippen LogP contribution in [0, 0.1) is 6.92 Å². The number of aryl methyl sites for hydroxylation is 2. The quantitative estimate of drug-likeness (QED) is 0.895. The maximum Gasteiger partial charge on any atom is 0.136 e. The van der Waals surface area contributed by atoms with Crippen molar-refractivity contribution >= 4 is 21.7 Å². The molecule has 0 aliphatic heterocycles. The van der Waals surface area contributed by atoms with Crippen molar-refractivity contribution in [1.29, 1.82) is 0 Å². The molecule has 80 valence electrons. The first-order chi connectivity index (χ1) is 7.08. The molecule has 0 atom stereocenters. The maximum absolute atomic E-state index is 5.88. The van der Waals surface area contributed by atoms with Crippen LogP contribution in [0.2, 0.25) is 0 Å². The lowest BCUT2D eigenvalue weighted by Crippen LogP contribution is -2.05. The van der Waals surface area contributed by atoms with Gasteiger partial charge in [-0.2, -0.15) is 10.2 Å². The molecule has 2 heterocycles. The Labute approximate surface area is 96.0 Å². The Kier molecular flexibility index (Phi) is 2.52. The molecule has 5 nitrogen and oxygen atoms in total. The summed E-state index contributed by atoms with van der Waals surface area (Å²) in [4.78, 5) is 0. The van der Waals surface area contributed by atoms with E-state index in [0.29, 0.717) is 12.4 Å². The molecule has 2 aromatic rings. The van der Waals surface area contributed by atoms with E-state index in [1.807, 2.05) is 26.4 Å². The van der Waals surface area contributed by atoms with Crippen LogP contribution in [-0.4, -0.2) is 19.6 Å². The van der Waals surface area contributed by atoms with E-state index >= 15 is 0 Å². The highest BCUT2D eigenvalue weighted by molar-refractivity contribution is 9.10. The largest absolute Gasteiger partial charge is 0.383 e. The lowest BCUT2D eigenvalue weighted by atomic mass is 10.4.